The molecule has 0 spiro atoms. The Hall–Kier alpha value is -10.3. The molecule has 378 valence electrons. The van der Waals surface area contributed by atoms with Crippen molar-refractivity contribution in [3.05, 3.63) is 314 Å². The van der Waals surface area contributed by atoms with Crippen molar-refractivity contribution in [3.63, 3.8) is 0 Å². The molecule has 0 saturated carbocycles. The van der Waals surface area contributed by atoms with Gasteiger partial charge in [0.2, 0.25) is 0 Å². The predicted molar refractivity (Wildman–Crippen MR) is 342 cm³/mol. The third-order valence-corrected chi connectivity index (χ3v) is 16.0. The highest BCUT2D eigenvalue weighted by atomic mass is 15.2. The lowest BCUT2D eigenvalue weighted by Crippen LogP contribution is -2.13. The Labute approximate surface area is 468 Å². The minimum Gasteiger partial charge on any atom is -0.310 e. The standard InChI is InChI=1S/C78H56N2/c1-53-47-65(39-45-75(53)79(71-41-35-59(36-42-71)67-31-27-55-15-3-7-19-61(55)49-67)77-25-13-11-23-73(77)69-33-29-57-17-5-9-21-63(57)51-69)66-40-46-76(54(2)48-66)80(72-43-37-60(38-44-72)68-32-28-56-16-4-8-20-62(56)50-68)78-26-14-12-24-74(78)70-34-30-58-18-6-10-22-64(58)52-70/h3-52H,1-2H3. The normalized spacial score (nSPS) is 11.4. The summed E-state index contributed by atoms with van der Waals surface area (Å²) in [6.45, 7) is 4.50. The summed E-state index contributed by atoms with van der Waals surface area (Å²) < 4.78 is 0. The first-order chi connectivity index (χ1) is 39.5. The smallest absolute Gasteiger partial charge is 0.0540 e. The summed E-state index contributed by atoms with van der Waals surface area (Å²) in [7, 11) is 0. The van der Waals surface area contributed by atoms with Crippen LogP contribution in [-0.2, 0) is 0 Å². The van der Waals surface area contributed by atoms with Crippen molar-refractivity contribution in [2.45, 2.75) is 13.8 Å². The van der Waals surface area contributed by atoms with Gasteiger partial charge in [-0.3, -0.25) is 0 Å². The molecule has 0 aliphatic rings. The number of benzene rings is 14. The molecule has 0 N–H and O–H groups in total. The van der Waals surface area contributed by atoms with Gasteiger partial charge in [-0.15, -0.1) is 0 Å². The first kappa shape index (κ1) is 48.1. The molecule has 2 heteroatoms. The van der Waals surface area contributed by atoms with Crippen LogP contribution in [0.4, 0.5) is 34.1 Å². The largest absolute Gasteiger partial charge is 0.310 e. The maximum atomic E-state index is 2.44. The van der Waals surface area contributed by atoms with E-state index in [4.69, 9.17) is 0 Å². The van der Waals surface area contributed by atoms with E-state index in [0.29, 0.717) is 0 Å². The number of hydrogen-bond donors (Lipinski definition) is 0. The van der Waals surface area contributed by atoms with Gasteiger partial charge in [0.1, 0.15) is 0 Å². The van der Waals surface area contributed by atoms with Crippen molar-refractivity contribution >= 4 is 77.2 Å². The minimum atomic E-state index is 1.09. The van der Waals surface area contributed by atoms with Crippen LogP contribution in [0.15, 0.2) is 303 Å². The molecule has 0 unspecified atom stereocenters. The van der Waals surface area contributed by atoms with Crippen molar-refractivity contribution in [1.82, 2.24) is 0 Å². The topological polar surface area (TPSA) is 6.48 Å². The quantitative estimate of drug-likeness (QED) is 0.127. The fourth-order valence-electron chi connectivity index (χ4n) is 11.9. The third kappa shape index (κ3) is 9.13. The maximum Gasteiger partial charge on any atom is 0.0540 e. The van der Waals surface area contributed by atoms with E-state index < -0.39 is 0 Å². The Morgan fingerprint density at radius 3 is 0.800 bits per heavy atom. The van der Waals surface area contributed by atoms with E-state index in [1.165, 1.54) is 98.7 Å². The van der Waals surface area contributed by atoms with Gasteiger partial charge in [0, 0.05) is 33.9 Å². The Morgan fingerprint density at radius 1 is 0.188 bits per heavy atom. The van der Waals surface area contributed by atoms with Gasteiger partial charge in [0.05, 0.1) is 11.4 Å². The zero-order chi connectivity index (χ0) is 53.5. The first-order valence-electron chi connectivity index (χ1n) is 27.6. The van der Waals surface area contributed by atoms with Crippen LogP contribution in [0.2, 0.25) is 0 Å². The number of aryl methyl sites for hydroxylation is 2. The summed E-state index contributed by atoms with van der Waals surface area (Å²) in [6.07, 6.45) is 0. The van der Waals surface area contributed by atoms with E-state index in [-0.39, 0.29) is 0 Å². The first-order valence-corrected chi connectivity index (χ1v) is 27.6. The summed E-state index contributed by atoms with van der Waals surface area (Å²) in [5.41, 5.74) is 20.8. The number of para-hydroxylation sites is 2. The van der Waals surface area contributed by atoms with Gasteiger partial charge in [0.25, 0.3) is 0 Å². The van der Waals surface area contributed by atoms with Crippen molar-refractivity contribution in [2.24, 2.45) is 0 Å². The van der Waals surface area contributed by atoms with Crippen LogP contribution in [-0.4, -0.2) is 0 Å². The average Bonchev–Trinajstić information content (AvgIpc) is 3.54. The second-order valence-electron chi connectivity index (χ2n) is 21.0. The van der Waals surface area contributed by atoms with E-state index in [2.05, 4.69) is 327 Å². The molecule has 14 aromatic rings. The van der Waals surface area contributed by atoms with Gasteiger partial charge in [0.15, 0.2) is 0 Å². The van der Waals surface area contributed by atoms with Gasteiger partial charge in [-0.1, -0.05) is 218 Å². The van der Waals surface area contributed by atoms with Crippen LogP contribution in [0.25, 0.3) is 98.7 Å². The fourth-order valence-corrected chi connectivity index (χ4v) is 11.9. The van der Waals surface area contributed by atoms with Gasteiger partial charge >= 0.3 is 0 Å². The number of nitrogens with zero attached hydrogens (tertiary/aromatic N) is 2. The molecular formula is C78H56N2. The molecule has 0 fully saturated rings. The molecule has 14 aromatic carbocycles. The Bertz CT molecular complexity index is 4330. The van der Waals surface area contributed by atoms with E-state index >= 15 is 0 Å². The molecule has 0 atom stereocenters. The highest BCUT2D eigenvalue weighted by Crippen LogP contribution is 2.47. The molecule has 0 radical (unpaired) electrons. The van der Waals surface area contributed by atoms with E-state index in [1.807, 2.05) is 0 Å². The molecule has 80 heavy (non-hydrogen) atoms. The van der Waals surface area contributed by atoms with Crippen LogP contribution >= 0.6 is 0 Å². The van der Waals surface area contributed by atoms with Gasteiger partial charge in [-0.25, -0.2) is 0 Å². The van der Waals surface area contributed by atoms with Crippen LogP contribution < -0.4 is 9.80 Å². The highest BCUT2D eigenvalue weighted by molar-refractivity contribution is 5.97. The van der Waals surface area contributed by atoms with Gasteiger partial charge < -0.3 is 9.80 Å². The Balaban J connectivity index is 0.854. The second-order valence-corrected chi connectivity index (χ2v) is 21.0. The number of fused-ring (bicyclic) bond motifs is 4. The van der Waals surface area contributed by atoms with Crippen molar-refractivity contribution in [2.75, 3.05) is 9.80 Å². The molecule has 0 saturated heterocycles. The number of anilines is 6. The van der Waals surface area contributed by atoms with E-state index in [9.17, 15) is 0 Å². The van der Waals surface area contributed by atoms with Crippen LogP contribution in [0.3, 0.4) is 0 Å². The van der Waals surface area contributed by atoms with Crippen molar-refractivity contribution < 1.29 is 0 Å². The number of hydrogen-bond acceptors (Lipinski definition) is 2. The molecule has 0 heterocycles. The Morgan fingerprint density at radius 2 is 0.450 bits per heavy atom. The lowest BCUT2D eigenvalue weighted by Gasteiger charge is -2.30. The number of rotatable bonds is 11. The second kappa shape index (κ2) is 20.6. The van der Waals surface area contributed by atoms with Crippen LogP contribution in [0, 0.1) is 13.8 Å². The Kier molecular flexibility index (Phi) is 12.4. The highest BCUT2D eigenvalue weighted by Gasteiger charge is 2.22. The molecule has 2 nitrogen and oxygen atoms in total. The van der Waals surface area contributed by atoms with E-state index in [1.54, 1.807) is 0 Å². The monoisotopic (exact) mass is 1020 g/mol. The van der Waals surface area contributed by atoms with Crippen LogP contribution in [0.5, 0.6) is 0 Å². The molecule has 0 aliphatic carbocycles. The fraction of sp³-hybridized carbons (Fsp3) is 0.0256. The molecule has 14 rings (SSSR count). The maximum absolute atomic E-state index is 2.44. The summed E-state index contributed by atoms with van der Waals surface area (Å²) in [5.74, 6) is 0. The van der Waals surface area contributed by atoms with Crippen molar-refractivity contribution in [1.29, 1.82) is 0 Å². The SMILES string of the molecule is Cc1cc(-c2ccc(N(c3ccc(-c4ccc5ccccc5c4)cc3)c3ccccc3-c3ccc4ccccc4c3)c(C)c2)ccc1N(c1ccc(-c2ccc3ccccc3c2)cc1)c1ccccc1-c1ccc2ccccc2c1. The lowest BCUT2D eigenvalue weighted by atomic mass is 9.96. The lowest BCUT2D eigenvalue weighted by molar-refractivity contribution is 1.24. The third-order valence-electron chi connectivity index (χ3n) is 16.0. The molecule has 0 amide bonds. The molecule has 0 bridgehead atoms. The van der Waals surface area contributed by atoms with Crippen LogP contribution in [0.1, 0.15) is 11.1 Å². The summed E-state index contributed by atoms with van der Waals surface area (Å²) >= 11 is 0. The van der Waals surface area contributed by atoms with Gasteiger partial charge in [-0.05, 0) is 198 Å². The molecule has 0 aliphatic heterocycles. The zero-order valence-corrected chi connectivity index (χ0v) is 44.8. The van der Waals surface area contributed by atoms with E-state index in [0.717, 1.165) is 45.3 Å². The van der Waals surface area contributed by atoms with Crippen molar-refractivity contribution in [3.8, 4) is 55.6 Å². The summed E-state index contributed by atoms with van der Waals surface area (Å²) in [6, 6.07) is 111. The zero-order valence-electron chi connectivity index (χ0n) is 44.8. The summed E-state index contributed by atoms with van der Waals surface area (Å²) in [5, 5.41) is 9.87. The summed E-state index contributed by atoms with van der Waals surface area (Å²) in [4.78, 5) is 4.89. The molecular weight excluding hydrogens is 965 g/mol. The predicted octanol–water partition coefficient (Wildman–Crippen LogP) is 22.2. The van der Waals surface area contributed by atoms with Gasteiger partial charge in [-0.2, -0.15) is 0 Å². The average molecular weight is 1020 g/mol. The molecule has 0 aromatic heterocycles. The minimum absolute atomic E-state index is 1.09.